The Morgan fingerprint density at radius 1 is 0.559 bits per heavy atom. The monoisotopic (exact) mass is 451 g/mol. The van der Waals surface area contributed by atoms with Crippen LogP contribution in [0.2, 0.25) is 0 Å². The van der Waals surface area contributed by atoms with Gasteiger partial charge in [-0.2, -0.15) is 0 Å². The van der Waals surface area contributed by atoms with E-state index in [9.17, 15) is 0 Å². The van der Waals surface area contributed by atoms with Crippen LogP contribution in [-0.4, -0.2) is 6.61 Å². The van der Waals surface area contributed by atoms with Crippen LogP contribution in [0.25, 0.3) is 33.8 Å². The van der Waals surface area contributed by atoms with E-state index in [-0.39, 0.29) is 0 Å². The Morgan fingerprint density at radius 2 is 1.06 bits per heavy atom. The summed E-state index contributed by atoms with van der Waals surface area (Å²) in [6.07, 6.45) is 5.56. The Labute approximate surface area is 204 Å². The molecule has 0 aliphatic carbocycles. The third-order valence-electron chi connectivity index (χ3n) is 6.29. The molecule has 0 unspecified atom stereocenters. The van der Waals surface area contributed by atoms with Crippen molar-refractivity contribution in [2.75, 3.05) is 6.61 Å². The Morgan fingerprint density at radius 3 is 1.53 bits per heavy atom. The Bertz CT molecular complexity index is 1110. The molecule has 0 spiro atoms. The quantitative estimate of drug-likeness (QED) is 0.177. The number of hydrogen-bond acceptors (Lipinski definition) is 1. The summed E-state index contributed by atoms with van der Waals surface area (Å²) < 4.78 is 12.3. The van der Waals surface area contributed by atoms with E-state index < -0.39 is 0 Å². The zero-order valence-corrected chi connectivity index (χ0v) is 20.6. The van der Waals surface area contributed by atoms with Gasteiger partial charge in [0.15, 0.2) is 0 Å². The first kappa shape index (κ1) is 23.8. The van der Waals surface area contributed by atoms with Gasteiger partial charge in [0, 0.05) is 5.56 Å². The van der Waals surface area contributed by atoms with Crippen molar-refractivity contribution >= 4 is 0 Å². The molecular formula is C32H35O2+. The predicted molar refractivity (Wildman–Crippen MR) is 143 cm³/mol. The van der Waals surface area contributed by atoms with Crippen molar-refractivity contribution in [3.63, 3.8) is 0 Å². The van der Waals surface area contributed by atoms with Gasteiger partial charge in [-0.15, -0.1) is 0 Å². The molecule has 0 fully saturated rings. The second-order valence-electron chi connectivity index (χ2n) is 8.76. The first-order valence-electron chi connectivity index (χ1n) is 12.6. The normalized spacial score (nSPS) is 10.9. The van der Waals surface area contributed by atoms with Crippen LogP contribution in [0.15, 0.2) is 89.3 Å². The van der Waals surface area contributed by atoms with Crippen molar-refractivity contribution in [3.8, 4) is 39.5 Å². The van der Waals surface area contributed by atoms with E-state index in [1.807, 2.05) is 0 Å². The van der Waals surface area contributed by atoms with Crippen LogP contribution < -0.4 is 4.74 Å². The summed E-state index contributed by atoms with van der Waals surface area (Å²) in [4.78, 5) is 0. The van der Waals surface area contributed by atoms with Gasteiger partial charge >= 0.3 is 11.5 Å². The molecule has 4 rings (SSSR count). The Hall–Kier alpha value is -3.39. The molecule has 0 aliphatic heterocycles. The maximum Gasteiger partial charge on any atom is 0.361 e. The molecule has 1 aromatic heterocycles. The second kappa shape index (κ2) is 11.7. The summed E-state index contributed by atoms with van der Waals surface area (Å²) in [6, 6.07) is 30.0. The van der Waals surface area contributed by atoms with Crippen molar-refractivity contribution in [1.82, 2.24) is 0 Å². The fourth-order valence-electron chi connectivity index (χ4n) is 4.05. The Kier molecular flexibility index (Phi) is 8.14. The molecule has 1 heterocycles. The van der Waals surface area contributed by atoms with Crippen LogP contribution in [-0.2, 0) is 12.8 Å². The smallest absolute Gasteiger partial charge is 0.361 e. The molecule has 174 valence electrons. The summed E-state index contributed by atoms with van der Waals surface area (Å²) in [7, 11) is 0. The third kappa shape index (κ3) is 5.94. The summed E-state index contributed by atoms with van der Waals surface area (Å²) in [6.45, 7) is 7.33. The minimum atomic E-state index is 0.771. The van der Waals surface area contributed by atoms with Gasteiger partial charge in [0.2, 0.25) is 0 Å². The minimum absolute atomic E-state index is 0.771. The highest BCUT2D eigenvalue weighted by molar-refractivity contribution is 5.75. The number of rotatable bonds is 10. The number of aryl methyl sites for hydroxylation is 2. The van der Waals surface area contributed by atoms with Gasteiger partial charge in [-0.05, 0) is 72.4 Å². The lowest BCUT2D eigenvalue weighted by Gasteiger charge is -2.07. The number of benzene rings is 3. The average Bonchev–Trinajstić information content (AvgIpc) is 2.91. The zero-order valence-electron chi connectivity index (χ0n) is 20.6. The van der Waals surface area contributed by atoms with Gasteiger partial charge in [-0.1, -0.05) is 70.0 Å². The van der Waals surface area contributed by atoms with Crippen LogP contribution >= 0.6 is 0 Å². The molecule has 0 atom stereocenters. The second-order valence-corrected chi connectivity index (χ2v) is 8.76. The molecule has 0 amide bonds. The van der Waals surface area contributed by atoms with Gasteiger partial charge in [-0.25, -0.2) is 4.42 Å². The minimum Gasteiger partial charge on any atom is -0.494 e. The van der Waals surface area contributed by atoms with Gasteiger partial charge < -0.3 is 4.74 Å². The molecule has 2 nitrogen and oxygen atoms in total. The van der Waals surface area contributed by atoms with E-state index in [4.69, 9.17) is 9.15 Å². The number of hydrogen-bond donors (Lipinski definition) is 0. The van der Waals surface area contributed by atoms with E-state index in [1.54, 1.807) is 0 Å². The maximum absolute atomic E-state index is 6.43. The standard InChI is InChI=1S/C32H35O2/c1-4-7-8-21-33-30-19-17-26(18-20-30)29-22-31(27-13-9-24(5-2)10-14-27)34-32(23-29)28-15-11-25(6-3)12-16-28/h9-20,22-23H,4-8,21H2,1-3H3/q+1. The zero-order chi connectivity index (χ0) is 23.8. The number of unbranched alkanes of at least 4 members (excludes halogenated alkanes) is 2. The first-order chi connectivity index (χ1) is 16.7. The van der Waals surface area contributed by atoms with E-state index >= 15 is 0 Å². The molecule has 2 heteroatoms. The highest BCUT2D eigenvalue weighted by Crippen LogP contribution is 2.34. The first-order valence-corrected chi connectivity index (χ1v) is 12.6. The van der Waals surface area contributed by atoms with Crippen molar-refractivity contribution in [3.05, 3.63) is 96.1 Å². The summed E-state index contributed by atoms with van der Waals surface area (Å²) in [5.74, 6) is 2.66. The van der Waals surface area contributed by atoms with Crippen LogP contribution in [0.1, 0.15) is 51.2 Å². The van der Waals surface area contributed by atoms with Crippen molar-refractivity contribution < 1.29 is 9.15 Å². The SMILES string of the molecule is CCCCCOc1ccc(-c2cc(-c3ccc(CC)cc3)[o+]c(-c3ccc(CC)cc3)c2)cc1. The van der Waals surface area contributed by atoms with Crippen LogP contribution in [0, 0.1) is 0 Å². The molecule has 0 saturated heterocycles. The number of ether oxygens (including phenoxy) is 1. The van der Waals surface area contributed by atoms with Crippen molar-refractivity contribution in [2.45, 2.75) is 52.9 Å². The topological polar surface area (TPSA) is 20.5 Å². The van der Waals surface area contributed by atoms with Crippen molar-refractivity contribution in [1.29, 1.82) is 0 Å². The predicted octanol–water partition coefficient (Wildman–Crippen LogP) is 9.26. The van der Waals surface area contributed by atoms with Gasteiger partial charge in [-0.3, -0.25) is 0 Å². The van der Waals surface area contributed by atoms with Crippen LogP contribution in [0.3, 0.4) is 0 Å². The lowest BCUT2D eigenvalue weighted by Crippen LogP contribution is -1.96. The van der Waals surface area contributed by atoms with E-state index in [2.05, 4.69) is 106 Å². The molecule has 0 radical (unpaired) electrons. The Balaban J connectivity index is 1.69. The van der Waals surface area contributed by atoms with E-state index in [0.717, 1.165) is 65.4 Å². The molecule has 0 N–H and O–H groups in total. The summed E-state index contributed by atoms with van der Waals surface area (Å²) in [5, 5.41) is 0. The van der Waals surface area contributed by atoms with Crippen LogP contribution in [0.4, 0.5) is 0 Å². The molecule has 0 bridgehead atoms. The molecule has 0 saturated carbocycles. The fourth-order valence-corrected chi connectivity index (χ4v) is 4.05. The highest BCUT2D eigenvalue weighted by Gasteiger charge is 2.20. The van der Waals surface area contributed by atoms with Crippen molar-refractivity contribution in [2.24, 2.45) is 0 Å². The van der Waals surface area contributed by atoms with Gasteiger partial charge in [0.25, 0.3) is 0 Å². The highest BCUT2D eigenvalue weighted by atomic mass is 16.5. The summed E-state index contributed by atoms with van der Waals surface area (Å²) >= 11 is 0. The molecule has 4 aromatic rings. The van der Waals surface area contributed by atoms with E-state index in [0.29, 0.717) is 0 Å². The molecular weight excluding hydrogens is 416 g/mol. The van der Waals surface area contributed by atoms with Gasteiger partial charge in [0.1, 0.15) is 5.75 Å². The largest absolute Gasteiger partial charge is 0.494 e. The van der Waals surface area contributed by atoms with Gasteiger partial charge in [0.05, 0.1) is 29.9 Å². The molecule has 34 heavy (non-hydrogen) atoms. The molecule has 3 aromatic carbocycles. The summed E-state index contributed by atoms with van der Waals surface area (Å²) in [5.41, 5.74) is 7.10. The lowest BCUT2D eigenvalue weighted by atomic mass is 10.0. The maximum atomic E-state index is 6.43. The van der Waals surface area contributed by atoms with Crippen LogP contribution in [0.5, 0.6) is 5.75 Å². The fraction of sp³-hybridized carbons (Fsp3) is 0.281. The van der Waals surface area contributed by atoms with E-state index in [1.165, 1.54) is 24.0 Å². The third-order valence-corrected chi connectivity index (χ3v) is 6.29. The average molecular weight is 452 g/mol. The molecule has 0 aliphatic rings. The lowest BCUT2D eigenvalue weighted by molar-refractivity contribution is 0.306.